The molecular weight excluding hydrogens is 235 g/mol. The van der Waals surface area contributed by atoms with Crippen LogP contribution in [0.25, 0.3) is 0 Å². The number of carbonyl (C=O) groups is 1. The van der Waals surface area contributed by atoms with Gasteiger partial charge in [0.15, 0.2) is 0 Å². The number of benzene rings is 1. The highest BCUT2D eigenvalue weighted by Crippen LogP contribution is 2.09. The lowest BCUT2D eigenvalue weighted by molar-refractivity contribution is -0.134. The average Bonchev–Trinajstić information content (AvgIpc) is 2.40. The van der Waals surface area contributed by atoms with Crippen molar-refractivity contribution in [2.45, 2.75) is 6.42 Å². The van der Waals surface area contributed by atoms with Crippen molar-refractivity contribution >= 4 is 11.6 Å². The van der Waals surface area contributed by atoms with Crippen LogP contribution in [-0.2, 0) is 9.53 Å². The van der Waals surface area contributed by atoms with Crippen molar-refractivity contribution in [2.24, 2.45) is 0 Å². The van der Waals surface area contributed by atoms with Crippen molar-refractivity contribution in [3.05, 3.63) is 30.1 Å². The molecular formula is C13H17FN2O2. The van der Waals surface area contributed by atoms with Crippen molar-refractivity contribution in [2.75, 3.05) is 38.2 Å². The fourth-order valence-electron chi connectivity index (χ4n) is 1.88. The molecule has 0 spiro atoms. The van der Waals surface area contributed by atoms with Gasteiger partial charge >= 0.3 is 0 Å². The number of ether oxygens (including phenoxy) is 1. The Labute approximate surface area is 106 Å². The van der Waals surface area contributed by atoms with E-state index in [1.54, 1.807) is 17.0 Å². The van der Waals surface area contributed by atoms with Crippen LogP contribution >= 0.6 is 0 Å². The molecule has 1 aliphatic rings. The summed E-state index contributed by atoms with van der Waals surface area (Å²) in [6.07, 6.45) is 0.413. The molecule has 2 rings (SSSR count). The number of rotatable bonds is 4. The van der Waals surface area contributed by atoms with E-state index in [4.69, 9.17) is 4.74 Å². The van der Waals surface area contributed by atoms with Crippen LogP contribution < -0.4 is 5.32 Å². The van der Waals surface area contributed by atoms with E-state index >= 15 is 0 Å². The van der Waals surface area contributed by atoms with Gasteiger partial charge in [0, 0.05) is 31.7 Å². The second kappa shape index (κ2) is 6.35. The highest BCUT2D eigenvalue weighted by Gasteiger charge is 2.15. The number of anilines is 1. The predicted octanol–water partition coefficient (Wildman–Crippen LogP) is 1.49. The quantitative estimate of drug-likeness (QED) is 0.882. The molecule has 98 valence electrons. The summed E-state index contributed by atoms with van der Waals surface area (Å²) >= 11 is 0. The van der Waals surface area contributed by atoms with Crippen molar-refractivity contribution in [3.8, 4) is 0 Å². The monoisotopic (exact) mass is 252 g/mol. The number of halogens is 1. The van der Waals surface area contributed by atoms with Gasteiger partial charge in [-0.1, -0.05) is 6.07 Å². The summed E-state index contributed by atoms with van der Waals surface area (Å²) in [5.74, 6) is -0.165. The highest BCUT2D eigenvalue weighted by molar-refractivity contribution is 5.76. The normalized spacial score (nSPS) is 15.5. The van der Waals surface area contributed by atoms with E-state index in [0.29, 0.717) is 45.0 Å². The Kier molecular flexibility index (Phi) is 4.52. The third-order valence-electron chi connectivity index (χ3n) is 2.86. The molecule has 5 heteroatoms. The van der Waals surface area contributed by atoms with Crippen molar-refractivity contribution in [3.63, 3.8) is 0 Å². The molecule has 18 heavy (non-hydrogen) atoms. The molecule has 0 aromatic heterocycles. The van der Waals surface area contributed by atoms with E-state index in [2.05, 4.69) is 5.32 Å². The zero-order valence-corrected chi connectivity index (χ0v) is 10.2. The number of nitrogens with one attached hydrogen (secondary N) is 1. The number of carbonyl (C=O) groups excluding carboxylic acids is 1. The molecule has 1 fully saturated rings. The first-order valence-corrected chi connectivity index (χ1v) is 6.10. The first kappa shape index (κ1) is 12.8. The van der Waals surface area contributed by atoms with Crippen molar-refractivity contribution < 1.29 is 13.9 Å². The van der Waals surface area contributed by atoms with Gasteiger partial charge in [-0.3, -0.25) is 4.79 Å². The highest BCUT2D eigenvalue weighted by atomic mass is 19.1. The average molecular weight is 252 g/mol. The third-order valence-corrected chi connectivity index (χ3v) is 2.86. The minimum absolute atomic E-state index is 0.113. The molecule has 4 nitrogen and oxygen atoms in total. The summed E-state index contributed by atoms with van der Waals surface area (Å²) in [4.78, 5) is 13.6. The van der Waals surface area contributed by atoms with E-state index in [9.17, 15) is 9.18 Å². The second-order valence-electron chi connectivity index (χ2n) is 4.18. The maximum Gasteiger partial charge on any atom is 0.224 e. The minimum Gasteiger partial charge on any atom is -0.384 e. The van der Waals surface area contributed by atoms with Gasteiger partial charge in [0.25, 0.3) is 0 Å². The lowest BCUT2D eigenvalue weighted by Gasteiger charge is -2.26. The molecule has 0 saturated carbocycles. The molecule has 1 saturated heterocycles. The number of hydrogen-bond acceptors (Lipinski definition) is 3. The van der Waals surface area contributed by atoms with E-state index in [1.165, 1.54) is 12.1 Å². The van der Waals surface area contributed by atoms with Crippen LogP contribution in [0.1, 0.15) is 6.42 Å². The molecule has 1 amide bonds. The Balaban J connectivity index is 1.73. The first-order valence-electron chi connectivity index (χ1n) is 6.10. The van der Waals surface area contributed by atoms with Gasteiger partial charge in [-0.2, -0.15) is 0 Å². The van der Waals surface area contributed by atoms with Crippen LogP contribution in [0.4, 0.5) is 10.1 Å². The van der Waals surface area contributed by atoms with Crippen molar-refractivity contribution in [1.82, 2.24) is 4.90 Å². The Bertz CT molecular complexity index is 406. The largest absolute Gasteiger partial charge is 0.384 e. The van der Waals surface area contributed by atoms with E-state index in [-0.39, 0.29) is 11.7 Å². The van der Waals surface area contributed by atoms with E-state index < -0.39 is 0 Å². The molecule has 1 aliphatic heterocycles. The lowest BCUT2D eigenvalue weighted by Crippen LogP contribution is -2.41. The van der Waals surface area contributed by atoms with Gasteiger partial charge in [0.1, 0.15) is 5.82 Å². The topological polar surface area (TPSA) is 41.6 Å². The Hall–Kier alpha value is -1.62. The maximum atomic E-state index is 12.9. The van der Waals surface area contributed by atoms with E-state index in [1.807, 2.05) is 0 Å². The summed E-state index contributed by atoms with van der Waals surface area (Å²) in [6.45, 7) is 3.07. The fourth-order valence-corrected chi connectivity index (χ4v) is 1.88. The molecule has 0 radical (unpaired) electrons. The fraction of sp³-hybridized carbons (Fsp3) is 0.462. The number of nitrogens with zero attached hydrogens (tertiary/aromatic N) is 1. The van der Waals surface area contributed by atoms with Crippen LogP contribution in [0.15, 0.2) is 24.3 Å². The minimum atomic E-state index is -0.278. The van der Waals surface area contributed by atoms with Crippen LogP contribution in [0.5, 0.6) is 0 Å². The zero-order chi connectivity index (χ0) is 12.8. The van der Waals surface area contributed by atoms with Crippen LogP contribution in [-0.4, -0.2) is 43.7 Å². The predicted molar refractivity (Wildman–Crippen MR) is 66.9 cm³/mol. The smallest absolute Gasteiger partial charge is 0.224 e. The summed E-state index contributed by atoms with van der Waals surface area (Å²) in [5.41, 5.74) is 0.699. The molecule has 0 unspecified atom stereocenters. The number of morpholine rings is 1. The van der Waals surface area contributed by atoms with Gasteiger partial charge in [0.05, 0.1) is 13.2 Å². The Morgan fingerprint density at radius 1 is 1.39 bits per heavy atom. The summed E-state index contributed by atoms with van der Waals surface area (Å²) in [6, 6.07) is 6.23. The lowest BCUT2D eigenvalue weighted by atomic mass is 10.3. The van der Waals surface area contributed by atoms with Crippen LogP contribution in [0.2, 0.25) is 0 Å². The zero-order valence-electron chi connectivity index (χ0n) is 10.2. The Morgan fingerprint density at radius 2 is 2.17 bits per heavy atom. The summed E-state index contributed by atoms with van der Waals surface area (Å²) in [5, 5.41) is 3.04. The molecule has 1 aromatic rings. The van der Waals surface area contributed by atoms with Crippen molar-refractivity contribution in [1.29, 1.82) is 0 Å². The summed E-state index contributed by atoms with van der Waals surface area (Å²) < 4.78 is 18.1. The molecule has 0 aliphatic carbocycles. The molecule has 1 heterocycles. The second-order valence-corrected chi connectivity index (χ2v) is 4.18. The maximum absolute atomic E-state index is 12.9. The Morgan fingerprint density at radius 3 is 2.89 bits per heavy atom. The van der Waals surface area contributed by atoms with Crippen LogP contribution in [0.3, 0.4) is 0 Å². The molecule has 1 N–H and O–H groups in total. The van der Waals surface area contributed by atoms with Gasteiger partial charge in [-0.25, -0.2) is 4.39 Å². The summed E-state index contributed by atoms with van der Waals surface area (Å²) in [7, 11) is 0. The van der Waals surface area contributed by atoms with Gasteiger partial charge in [-0.15, -0.1) is 0 Å². The number of hydrogen-bond donors (Lipinski definition) is 1. The first-order chi connectivity index (χ1) is 8.75. The molecule has 1 aromatic carbocycles. The van der Waals surface area contributed by atoms with E-state index in [0.717, 1.165) is 0 Å². The third kappa shape index (κ3) is 3.70. The molecule has 0 atom stereocenters. The molecule has 0 bridgehead atoms. The standard InChI is InChI=1S/C13H17FN2O2/c14-11-2-1-3-12(10-11)15-5-4-13(17)16-6-8-18-9-7-16/h1-3,10,15H,4-9H2. The van der Waals surface area contributed by atoms with Gasteiger partial charge in [-0.05, 0) is 18.2 Å². The van der Waals surface area contributed by atoms with Gasteiger partial charge in [0.2, 0.25) is 5.91 Å². The van der Waals surface area contributed by atoms with Gasteiger partial charge < -0.3 is 15.0 Å². The number of amides is 1. The SMILES string of the molecule is O=C(CCNc1cccc(F)c1)N1CCOCC1. The van der Waals surface area contributed by atoms with Crippen LogP contribution in [0, 0.1) is 5.82 Å².